The molecule has 11 atom stereocenters. The van der Waals surface area contributed by atoms with Crippen LogP contribution in [-0.2, 0) is 14.3 Å². The van der Waals surface area contributed by atoms with Gasteiger partial charge in [0.05, 0.1) is 18.4 Å². The van der Waals surface area contributed by atoms with Crippen molar-refractivity contribution in [1.29, 1.82) is 0 Å². The Morgan fingerprint density at radius 2 is 1.69 bits per heavy atom. The Hall–Kier alpha value is -1.32. The van der Waals surface area contributed by atoms with E-state index in [9.17, 15) is 14.7 Å². The minimum Gasteiger partial charge on any atom is -0.481 e. The van der Waals surface area contributed by atoms with Gasteiger partial charge in [0.2, 0.25) is 0 Å². The van der Waals surface area contributed by atoms with Gasteiger partial charge in [-0.1, -0.05) is 12.2 Å². The summed E-state index contributed by atoms with van der Waals surface area (Å²) in [6.45, 7) is 0.579. The van der Waals surface area contributed by atoms with Crippen LogP contribution >= 0.6 is 0 Å². The number of carbonyl (C=O) groups excluding carboxylic acids is 1. The Morgan fingerprint density at radius 3 is 2.42 bits per heavy atom. The molecular weight excluding hydrogens is 328 g/mol. The lowest BCUT2D eigenvalue weighted by Gasteiger charge is -2.40. The van der Waals surface area contributed by atoms with E-state index >= 15 is 0 Å². The van der Waals surface area contributed by atoms with E-state index in [1.54, 1.807) is 0 Å². The van der Waals surface area contributed by atoms with Crippen LogP contribution in [0.3, 0.4) is 0 Å². The molecule has 4 heteroatoms. The van der Waals surface area contributed by atoms with Gasteiger partial charge in [0.25, 0.3) is 0 Å². The molecule has 1 N–H and O–H groups in total. The van der Waals surface area contributed by atoms with Crippen molar-refractivity contribution >= 4 is 11.9 Å². The van der Waals surface area contributed by atoms with Crippen LogP contribution in [0.2, 0.25) is 0 Å². The molecule has 0 aliphatic heterocycles. The van der Waals surface area contributed by atoms with Crippen LogP contribution in [0.25, 0.3) is 0 Å². The number of hydrogen-bond acceptors (Lipinski definition) is 3. The summed E-state index contributed by atoms with van der Waals surface area (Å²) in [6, 6.07) is 0. The Kier molecular flexibility index (Phi) is 3.24. The second kappa shape index (κ2) is 5.36. The van der Waals surface area contributed by atoms with Gasteiger partial charge < -0.3 is 9.84 Å². The molecule has 0 amide bonds. The summed E-state index contributed by atoms with van der Waals surface area (Å²) >= 11 is 0. The van der Waals surface area contributed by atoms with E-state index in [2.05, 4.69) is 12.2 Å². The number of ether oxygens (including phenoxy) is 1. The number of rotatable bonds is 4. The summed E-state index contributed by atoms with van der Waals surface area (Å²) in [5.74, 6) is 4.74. The molecule has 0 saturated heterocycles. The minimum atomic E-state index is -0.578. The maximum atomic E-state index is 12.6. The Labute approximate surface area is 154 Å². The molecule has 4 nitrogen and oxygen atoms in total. The first-order chi connectivity index (χ1) is 12.6. The minimum absolute atomic E-state index is 0.0255. The average molecular weight is 356 g/mol. The first kappa shape index (κ1) is 15.7. The predicted molar refractivity (Wildman–Crippen MR) is 93.8 cm³/mol. The zero-order chi connectivity index (χ0) is 17.6. The SMILES string of the molecule is O=C(OCC1CC2CC1C1C3CC(CC3C(=O)O)C21)C1CC2C=CC1C2. The van der Waals surface area contributed by atoms with E-state index in [-0.39, 0.29) is 17.8 Å². The highest BCUT2D eigenvalue weighted by atomic mass is 16.5. The molecule has 0 aromatic heterocycles. The summed E-state index contributed by atoms with van der Waals surface area (Å²) in [5, 5.41) is 9.57. The summed E-state index contributed by atoms with van der Waals surface area (Å²) in [4.78, 5) is 24.2. The van der Waals surface area contributed by atoms with Crippen molar-refractivity contribution in [2.24, 2.45) is 65.1 Å². The molecule has 0 heterocycles. The number of esters is 1. The summed E-state index contributed by atoms with van der Waals surface area (Å²) in [7, 11) is 0. The molecular formula is C22H28O4. The number of aliphatic carboxylic acids is 1. The molecule has 5 saturated carbocycles. The van der Waals surface area contributed by atoms with Crippen LogP contribution in [0.15, 0.2) is 12.2 Å². The normalized spacial score (nSPS) is 54.8. The van der Waals surface area contributed by atoms with Gasteiger partial charge in [0, 0.05) is 0 Å². The Balaban J connectivity index is 1.11. The maximum Gasteiger partial charge on any atom is 0.309 e. The van der Waals surface area contributed by atoms with E-state index in [0.717, 1.165) is 37.5 Å². The topological polar surface area (TPSA) is 63.6 Å². The fourth-order valence-electron chi connectivity index (χ4n) is 8.56. The zero-order valence-electron chi connectivity index (χ0n) is 15.1. The number of carboxylic acids is 1. The highest BCUT2D eigenvalue weighted by Gasteiger charge is 2.65. The predicted octanol–water partition coefficient (Wildman–Crippen LogP) is 3.37. The van der Waals surface area contributed by atoms with Crippen LogP contribution in [0.1, 0.15) is 38.5 Å². The van der Waals surface area contributed by atoms with Crippen LogP contribution in [0, 0.1) is 65.1 Å². The summed E-state index contributed by atoms with van der Waals surface area (Å²) in [6.07, 6.45) is 11.1. The third-order valence-corrected chi connectivity index (χ3v) is 9.29. The third kappa shape index (κ3) is 2.02. The quantitative estimate of drug-likeness (QED) is 0.476. The van der Waals surface area contributed by atoms with E-state index in [1.165, 1.54) is 12.8 Å². The molecule has 0 radical (unpaired) electrons. The molecule has 0 aromatic rings. The van der Waals surface area contributed by atoms with E-state index < -0.39 is 5.97 Å². The fourth-order valence-corrected chi connectivity index (χ4v) is 8.56. The van der Waals surface area contributed by atoms with Gasteiger partial charge in [-0.2, -0.15) is 0 Å². The van der Waals surface area contributed by atoms with Crippen molar-refractivity contribution in [2.45, 2.75) is 38.5 Å². The first-order valence-corrected chi connectivity index (χ1v) is 10.7. The van der Waals surface area contributed by atoms with Gasteiger partial charge in [-0.25, -0.2) is 0 Å². The number of hydrogen-bond donors (Lipinski definition) is 1. The monoisotopic (exact) mass is 356 g/mol. The molecule has 6 aliphatic rings. The molecule has 6 aliphatic carbocycles. The number of carboxylic acid groups (broad SMARTS) is 1. The van der Waals surface area contributed by atoms with Crippen molar-refractivity contribution in [1.82, 2.24) is 0 Å². The zero-order valence-corrected chi connectivity index (χ0v) is 15.1. The highest BCUT2D eigenvalue weighted by Crippen LogP contribution is 2.70. The smallest absolute Gasteiger partial charge is 0.309 e. The van der Waals surface area contributed by atoms with E-state index in [1.807, 2.05) is 0 Å². The van der Waals surface area contributed by atoms with Gasteiger partial charge in [-0.3, -0.25) is 9.59 Å². The molecule has 6 bridgehead atoms. The van der Waals surface area contributed by atoms with Crippen molar-refractivity contribution in [2.75, 3.05) is 6.61 Å². The highest BCUT2D eigenvalue weighted by molar-refractivity contribution is 5.74. The fraction of sp³-hybridized carbons (Fsp3) is 0.818. The average Bonchev–Trinajstić information content (AvgIpc) is 3.44. The molecule has 5 fully saturated rings. The molecule has 11 unspecified atom stereocenters. The van der Waals surface area contributed by atoms with E-state index in [0.29, 0.717) is 48.0 Å². The van der Waals surface area contributed by atoms with Crippen LogP contribution in [0.4, 0.5) is 0 Å². The molecule has 140 valence electrons. The Morgan fingerprint density at radius 1 is 0.885 bits per heavy atom. The number of fused-ring (bicyclic) bond motifs is 11. The number of allylic oxidation sites excluding steroid dienone is 2. The third-order valence-electron chi connectivity index (χ3n) is 9.29. The Bertz CT molecular complexity index is 684. The van der Waals surface area contributed by atoms with E-state index in [4.69, 9.17) is 4.74 Å². The number of carbonyl (C=O) groups is 2. The molecule has 0 aromatic carbocycles. The van der Waals surface area contributed by atoms with Crippen LogP contribution < -0.4 is 0 Å². The second-order valence-electron chi connectivity index (χ2n) is 10.2. The van der Waals surface area contributed by atoms with Gasteiger partial charge in [-0.15, -0.1) is 0 Å². The van der Waals surface area contributed by atoms with Crippen molar-refractivity contribution in [3.63, 3.8) is 0 Å². The summed E-state index contributed by atoms with van der Waals surface area (Å²) < 4.78 is 5.83. The summed E-state index contributed by atoms with van der Waals surface area (Å²) in [5.41, 5.74) is 0. The lowest BCUT2D eigenvalue weighted by Crippen LogP contribution is -2.39. The molecule has 6 rings (SSSR count). The standard InChI is InChI=1S/C22H28O4/c23-21(24)18-8-13-7-17(18)20-15-6-12(19(13)20)5-14(15)9-26-22(25)16-4-10-1-2-11(16)3-10/h1-2,10-20H,3-9H2,(H,23,24). The van der Waals surface area contributed by atoms with Crippen LogP contribution in [-0.4, -0.2) is 23.7 Å². The lowest BCUT2D eigenvalue weighted by molar-refractivity contribution is -0.152. The van der Waals surface area contributed by atoms with Crippen LogP contribution in [0.5, 0.6) is 0 Å². The van der Waals surface area contributed by atoms with Crippen molar-refractivity contribution < 1.29 is 19.4 Å². The maximum absolute atomic E-state index is 12.6. The first-order valence-electron chi connectivity index (χ1n) is 10.7. The van der Waals surface area contributed by atoms with Gasteiger partial charge in [-0.05, 0) is 91.8 Å². The van der Waals surface area contributed by atoms with Crippen molar-refractivity contribution in [3.05, 3.63) is 12.2 Å². The molecule has 0 spiro atoms. The van der Waals surface area contributed by atoms with Gasteiger partial charge in [0.15, 0.2) is 0 Å². The van der Waals surface area contributed by atoms with Gasteiger partial charge in [0.1, 0.15) is 0 Å². The van der Waals surface area contributed by atoms with Gasteiger partial charge >= 0.3 is 11.9 Å². The molecule has 26 heavy (non-hydrogen) atoms. The van der Waals surface area contributed by atoms with Crippen molar-refractivity contribution in [3.8, 4) is 0 Å². The lowest BCUT2D eigenvalue weighted by atomic mass is 9.65. The largest absolute Gasteiger partial charge is 0.481 e. The second-order valence-corrected chi connectivity index (χ2v) is 10.2.